The lowest BCUT2D eigenvalue weighted by atomic mass is 10.2. The first-order chi connectivity index (χ1) is 19.1. The van der Waals surface area contributed by atoms with E-state index in [1.54, 1.807) is 35.6 Å². The summed E-state index contributed by atoms with van der Waals surface area (Å²) in [6.07, 6.45) is -2.88. The van der Waals surface area contributed by atoms with Gasteiger partial charge in [-0.3, -0.25) is 19.6 Å². The van der Waals surface area contributed by atoms with Gasteiger partial charge in [-0.1, -0.05) is 6.07 Å². The predicted molar refractivity (Wildman–Crippen MR) is 122 cm³/mol. The van der Waals surface area contributed by atoms with E-state index in [1.807, 2.05) is 12.1 Å². The highest BCUT2D eigenvalue weighted by Crippen LogP contribution is 2.25. The van der Waals surface area contributed by atoms with Crippen LogP contribution in [0.2, 0.25) is 0 Å². The quantitative estimate of drug-likeness (QED) is 0.374. The molecule has 1 aliphatic heterocycles. The number of fused-ring (bicyclic) bond motifs is 1. The number of hydrogen-bond acceptors (Lipinski definition) is 8. The monoisotopic (exact) mass is 591 g/mol. The second kappa shape index (κ2) is 13.9. The number of carboxylic acids is 2. The van der Waals surface area contributed by atoms with Crippen molar-refractivity contribution in [2.75, 3.05) is 6.54 Å². The van der Waals surface area contributed by atoms with E-state index in [9.17, 15) is 35.9 Å². The Morgan fingerprint density at radius 2 is 1.46 bits per heavy atom. The molecule has 0 spiro atoms. The molecule has 0 atom stereocenters. The molecule has 0 saturated heterocycles. The third-order valence-electron chi connectivity index (χ3n) is 4.75. The minimum absolute atomic E-state index is 0.0275. The van der Waals surface area contributed by atoms with Gasteiger partial charge in [0.15, 0.2) is 0 Å². The lowest BCUT2D eigenvalue weighted by molar-refractivity contribution is -0.193. The van der Waals surface area contributed by atoms with Gasteiger partial charge in [0.05, 0.1) is 18.7 Å². The number of halogens is 6. The molecule has 220 valence electrons. The number of aromatic nitrogens is 3. The number of nitrogens with one attached hydrogen (secondary N) is 1. The van der Waals surface area contributed by atoms with Crippen molar-refractivity contribution in [3.05, 3.63) is 77.5 Å². The Hall–Kier alpha value is -5.03. The molecule has 0 unspecified atom stereocenters. The molecule has 18 heteroatoms. The van der Waals surface area contributed by atoms with Crippen LogP contribution >= 0.6 is 0 Å². The Labute approximate surface area is 225 Å². The van der Waals surface area contributed by atoms with Crippen LogP contribution < -0.4 is 5.32 Å². The molecule has 0 saturated carbocycles. The average molecular weight is 591 g/mol. The van der Waals surface area contributed by atoms with E-state index in [0.29, 0.717) is 43.1 Å². The largest absolute Gasteiger partial charge is 0.490 e. The molecule has 0 fully saturated rings. The summed E-state index contributed by atoms with van der Waals surface area (Å²) >= 11 is 0. The molecule has 41 heavy (non-hydrogen) atoms. The van der Waals surface area contributed by atoms with Crippen LogP contribution in [0.5, 0.6) is 0 Å². The fraction of sp³-hybridized carbons (Fsp3) is 0.261. The number of amides is 2. The molecular formula is C23H19F6N5O7. The zero-order valence-corrected chi connectivity index (χ0v) is 20.4. The summed E-state index contributed by atoms with van der Waals surface area (Å²) in [4.78, 5) is 56.3. The first kappa shape index (κ1) is 32.2. The number of rotatable bonds is 5. The summed E-state index contributed by atoms with van der Waals surface area (Å²) in [5.74, 6) is -5.44. The van der Waals surface area contributed by atoms with Gasteiger partial charge in [0.2, 0.25) is 0 Å². The minimum Gasteiger partial charge on any atom is -0.475 e. The molecule has 1 aliphatic rings. The fourth-order valence-corrected chi connectivity index (χ4v) is 2.90. The second-order valence-corrected chi connectivity index (χ2v) is 7.76. The van der Waals surface area contributed by atoms with Crippen molar-refractivity contribution in [1.29, 1.82) is 0 Å². The summed E-state index contributed by atoms with van der Waals surface area (Å²) in [6, 6.07) is 7.23. The van der Waals surface area contributed by atoms with E-state index >= 15 is 0 Å². The van der Waals surface area contributed by atoms with Crippen LogP contribution in [-0.2, 0) is 29.1 Å². The molecule has 4 rings (SSSR count). The molecule has 0 bridgehead atoms. The van der Waals surface area contributed by atoms with Crippen molar-refractivity contribution in [2.24, 2.45) is 0 Å². The molecule has 2 amide bonds. The van der Waals surface area contributed by atoms with E-state index in [1.165, 1.54) is 6.20 Å². The SMILES string of the molecule is O=C(NCCc1cccnc1)c1nc2c(o1)CN(C(=O)c1cccnc1)C2.O=C(O)C(F)(F)F.O=C(O)C(F)(F)F. The Kier molecular flexibility index (Phi) is 10.9. The number of carbonyl (C=O) groups is 4. The number of oxazole rings is 1. The third-order valence-corrected chi connectivity index (χ3v) is 4.75. The van der Waals surface area contributed by atoms with Crippen LogP contribution in [0.15, 0.2) is 53.5 Å². The van der Waals surface area contributed by atoms with Crippen molar-refractivity contribution in [2.45, 2.75) is 31.9 Å². The summed E-state index contributed by atoms with van der Waals surface area (Å²) in [5.41, 5.74) is 2.16. The van der Waals surface area contributed by atoms with Crippen molar-refractivity contribution in [3.63, 3.8) is 0 Å². The van der Waals surface area contributed by atoms with E-state index in [0.717, 1.165) is 5.56 Å². The topological polar surface area (TPSA) is 176 Å². The van der Waals surface area contributed by atoms with Gasteiger partial charge in [-0.2, -0.15) is 26.3 Å². The van der Waals surface area contributed by atoms with E-state index in [-0.39, 0.29) is 17.7 Å². The summed E-state index contributed by atoms with van der Waals surface area (Å²) in [5, 5.41) is 17.0. The first-order valence-corrected chi connectivity index (χ1v) is 11.0. The molecule has 3 aromatic heterocycles. The van der Waals surface area contributed by atoms with Crippen LogP contribution in [0.3, 0.4) is 0 Å². The van der Waals surface area contributed by atoms with Gasteiger partial charge in [0.25, 0.3) is 11.8 Å². The third kappa shape index (κ3) is 10.2. The maximum Gasteiger partial charge on any atom is 0.490 e. The standard InChI is InChI=1S/C19H17N5O3.2C2HF3O2/c25-17(22-8-5-13-3-1-6-20-9-13)18-23-15-11-24(12-16(15)27-18)19(26)14-4-2-7-21-10-14;2*3-2(4,5)1(6)7/h1-4,6-7,9-10H,5,8,11-12H2,(H,22,25);2*(H,6,7). The minimum atomic E-state index is -5.08. The summed E-state index contributed by atoms with van der Waals surface area (Å²) < 4.78 is 69.0. The molecule has 12 nitrogen and oxygen atoms in total. The van der Waals surface area contributed by atoms with Crippen LogP contribution in [0.25, 0.3) is 0 Å². The van der Waals surface area contributed by atoms with Crippen molar-refractivity contribution in [1.82, 2.24) is 25.2 Å². The lowest BCUT2D eigenvalue weighted by Crippen LogP contribution is -2.27. The average Bonchev–Trinajstić information content (AvgIpc) is 3.49. The van der Waals surface area contributed by atoms with Crippen LogP contribution in [-0.4, -0.2) is 72.7 Å². The highest BCUT2D eigenvalue weighted by molar-refractivity contribution is 5.94. The van der Waals surface area contributed by atoms with Crippen LogP contribution in [0.4, 0.5) is 26.3 Å². The molecule has 3 aromatic rings. The van der Waals surface area contributed by atoms with Crippen LogP contribution in [0.1, 0.15) is 38.1 Å². The molecular weight excluding hydrogens is 572 g/mol. The highest BCUT2D eigenvalue weighted by Gasteiger charge is 2.39. The van der Waals surface area contributed by atoms with Crippen molar-refractivity contribution < 1.29 is 60.2 Å². The van der Waals surface area contributed by atoms with Gasteiger partial charge in [-0.15, -0.1) is 0 Å². The van der Waals surface area contributed by atoms with Gasteiger partial charge < -0.3 is 24.8 Å². The van der Waals surface area contributed by atoms with Gasteiger partial charge in [-0.25, -0.2) is 14.6 Å². The fourth-order valence-electron chi connectivity index (χ4n) is 2.90. The smallest absolute Gasteiger partial charge is 0.475 e. The number of nitrogens with zero attached hydrogens (tertiary/aromatic N) is 4. The van der Waals surface area contributed by atoms with E-state index < -0.39 is 24.3 Å². The number of alkyl halides is 6. The van der Waals surface area contributed by atoms with Gasteiger partial charge in [-0.05, 0) is 30.2 Å². The molecule has 0 aliphatic carbocycles. The molecule has 3 N–H and O–H groups in total. The maximum absolute atomic E-state index is 12.4. The van der Waals surface area contributed by atoms with Crippen LogP contribution in [0, 0.1) is 0 Å². The van der Waals surface area contributed by atoms with Gasteiger partial charge >= 0.3 is 30.2 Å². The first-order valence-electron chi connectivity index (χ1n) is 11.0. The normalized spacial score (nSPS) is 12.2. The number of carboxylic acid groups (broad SMARTS) is 2. The molecule has 4 heterocycles. The Morgan fingerprint density at radius 3 is 1.93 bits per heavy atom. The zero-order valence-electron chi connectivity index (χ0n) is 20.4. The second-order valence-electron chi connectivity index (χ2n) is 7.76. The predicted octanol–water partition coefficient (Wildman–Crippen LogP) is 2.86. The Bertz CT molecular complexity index is 1300. The Balaban J connectivity index is 0.000000349. The zero-order chi connectivity index (χ0) is 30.8. The Morgan fingerprint density at radius 1 is 0.902 bits per heavy atom. The summed E-state index contributed by atoms with van der Waals surface area (Å²) in [6.45, 7) is 1.07. The lowest BCUT2D eigenvalue weighted by Gasteiger charge is -2.14. The number of hydrogen-bond donors (Lipinski definition) is 3. The van der Waals surface area contributed by atoms with Gasteiger partial charge in [0.1, 0.15) is 11.5 Å². The van der Waals surface area contributed by atoms with E-state index in [4.69, 9.17) is 24.2 Å². The highest BCUT2D eigenvalue weighted by atomic mass is 19.4. The van der Waals surface area contributed by atoms with Crippen molar-refractivity contribution in [3.8, 4) is 0 Å². The number of aliphatic carboxylic acids is 2. The maximum atomic E-state index is 12.4. The summed E-state index contributed by atoms with van der Waals surface area (Å²) in [7, 11) is 0. The number of pyridine rings is 2. The molecule has 0 aromatic carbocycles. The van der Waals surface area contributed by atoms with Gasteiger partial charge in [0, 0.05) is 31.3 Å². The van der Waals surface area contributed by atoms with Crippen molar-refractivity contribution >= 4 is 23.8 Å². The van der Waals surface area contributed by atoms with E-state index in [2.05, 4.69) is 20.3 Å². The number of carbonyl (C=O) groups excluding carboxylic acids is 2. The molecule has 0 radical (unpaired) electrons.